The van der Waals surface area contributed by atoms with Crippen molar-refractivity contribution in [1.29, 1.82) is 0 Å². The van der Waals surface area contributed by atoms with Crippen molar-refractivity contribution in [2.75, 3.05) is 0 Å². The van der Waals surface area contributed by atoms with Gasteiger partial charge in [-0.3, -0.25) is 4.57 Å². The van der Waals surface area contributed by atoms with Gasteiger partial charge in [0.2, 0.25) is 5.84 Å². The highest BCUT2D eigenvalue weighted by molar-refractivity contribution is 5.94. The minimum absolute atomic E-state index is 0.0479. The second-order valence-corrected chi connectivity index (χ2v) is 3.24. The zero-order chi connectivity index (χ0) is 11.5. The predicted molar refractivity (Wildman–Crippen MR) is 58.6 cm³/mol. The number of oxime groups is 1. The molecule has 0 aromatic carbocycles. The summed E-state index contributed by atoms with van der Waals surface area (Å²) >= 11 is 0. The molecule has 2 aromatic heterocycles. The second kappa shape index (κ2) is 4.01. The molecule has 6 heteroatoms. The maximum Gasteiger partial charge on any atom is 0.206 e. The smallest absolute Gasteiger partial charge is 0.206 e. The van der Waals surface area contributed by atoms with Crippen LogP contribution in [0.5, 0.6) is 0 Å². The first-order valence-corrected chi connectivity index (χ1v) is 4.67. The minimum atomic E-state index is -0.0479. The zero-order valence-electron chi connectivity index (χ0n) is 8.70. The fraction of sp³-hybridized carbons (Fsp3) is 0.100. The van der Waals surface area contributed by atoms with Crippen LogP contribution in [0.25, 0.3) is 5.82 Å². The largest absolute Gasteiger partial charge is 0.409 e. The molecule has 0 saturated heterocycles. The molecule has 0 bridgehead atoms. The van der Waals surface area contributed by atoms with E-state index in [0.29, 0.717) is 11.6 Å². The van der Waals surface area contributed by atoms with Crippen LogP contribution in [0.3, 0.4) is 0 Å². The molecule has 0 spiro atoms. The Morgan fingerprint density at radius 2 is 2.31 bits per heavy atom. The standard InChI is InChI=1S/C10H11N5O/c1-7-3-2-4-8(13-7)15-6-5-12-10(15)9(11)14-16/h2-6,16H,1H3,(H2,11,14). The van der Waals surface area contributed by atoms with E-state index in [2.05, 4.69) is 15.1 Å². The molecule has 2 heterocycles. The van der Waals surface area contributed by atoms with E-state index in [1.54, 1.807) is 17.0 Å². The Bertz CT molecular complexity index is 532. The molecule has 0 saturated carbocycles. The van der Waals surface area contributed by atoms with Crippen LogP contribution in [-0.4, -0.2) is 25.6 Å². The average Bonchev–Trinajstić information content (AvgIpc) is 2.77. The number of rotatable bonds is 2. The fourth-order valence-electron chi connectivity index (χ4n) is 1.39. The lowest BCUT2D eigenvalue weighted by Crippen LogP contribution is -2.19. The molecule has 0 fully saturated rings. The molecule has 0 aliphatic rings. The maximum absolute atomic E-state index is 8.62. The lowest BCUT2D eigenvalue weighted by molar-refractivity contribution is 0.318. The van der Waals surface area contributed by atoms with Gasteiger partial charge in [-0.2, -0.15) is 0 Å². The van der Waals surface area contributed by atoms with E-state index in [1.165, 1.54) is 0 Å². The number of aromatic nitrogens is 3. The highest BCUT2D eigenvalue weighted by Gasteiger charge is 2.09. The lowest BCUT2D eigenvalue weighted by Gasteiger charge is -2.05. The molecule has 2 rings (SSSR count). The SMILES string of the molecule is Cc1cccc(-n2ccnc2C(N)=NO)n1. The fourth-order valence-corrected chi connectivity index (χ4v) is 1.39. The Balaban J connectivity index is 2.53. The van der Waals surface area contributed by atoms with E-state index in [0.717, 1.165) is 5.69 Å². The molecule has 0 radical (unpaired) electrons. The molecule has 6 nitrogen and oxygen atoms in total. The van der Waals surface area contributed by atoms with Gasteiger partial charge < -0.3 is 10.9 Å². The van der Waals surface area contributed by atoms with Crippen molar-refractivity contribution in [1.82, 2.24) is 14.5 Å². The van der Waals surface area contributed by atoms with Crippen molar-refractivity contribution in [3.63, 3.8) is 0 Å². The number of pyridine rings is 1. The van der Waals surface area contributed by atoms with Crippen molar-refractivity contribution in [3.8, 4) is 5.82 Å². The third kappa shape index (κ3) is 1.72. The number of nitrogens with two attached hydrogens (primary N) is 1. The van der Waals surface area contributed by atoms with Crippen LogP contribution in [0.2, 0.25) is 0 Å². The van der Waals surface area contributed by atoms with E-state index < -0.39 is 0 Å². The first-order valence-electron chi connectivity index (χ1n) is 4.67. The Labute approximate surface area is 92.1 Å². The van der Waals surface area contributed by atoms with Gasteiger partial charge in [-0.15, -0.1) is 0 Å². The van der Waals surface area contributed by atoms with Gasteiger partial charge in [-0.25, -0.2) is 9.97 Å². The zero-order valence-corrected chi connectivity index (χ0v) is 8.70. The van der Waals surface area contributed by atoms with Gasteiger partial charge >= 0.3 is 0 Å². The van der Waals surface area contributed by atoms with Crippen molar-refractivity contribution in [2.24, 2.45) is 10.9 Å². The van der Waals surface area contributed by atoms with Crippen molar-refractivity contribution >= 4 is 5.84 Å². The molecule has 0 atom stereocenters. The first-order chi connectivity index (χ1) is 7.72. The summed E-state index contributed by atoms with van der Waals surface area (Å²) in [6.07, 6.45) is 3.27. The van der Waals surface area contributed by atoms with Crippen molar-refractivity contribution in [3.05, 3.63) is 42.1 Å². The summed E-state index contributed by atoms with van der Waals surface area (Å²) in [6, 6.07) is 5.60. The Kier molecular flexibility index (Phi) is 2.55. The first kappa shape index (κ1) is 10.2. The summed E-state index contributed by atoms with van der Waals surface area (Å²) in [5.74, 6) is 0.994. The van der Waals surface area contributed by atoms with Gasteiger partial charge in [0.15, 0.2) is 5.82 Å². The topological polar surface area (TPSA) is 89.3 Å². The molecule has 0 amide bonds. The summed E-state index contributed by atoms with van der Waals surface area (Å²) in [6.45, 7) is 1.89. The van der Waals surface area contributed by atoms with Crippen LogP contribution in [-0.2, 0) is 0 Å². The molecule has 0 aliphatic heterocycles. The second-order valence-electron chi connectivity index (χ2n) is 3.24. The van der Waals surface area contributed by atoms with Crippen LogP contribution in [0.4, 0.5) is 0 Å². The number of hydrogen-bond donors (Lipinski definition) is 2. The molecule has 16 heavy (non-hydrogen) atoms. The quantitative estimate of drug-likeness (QED) is 0.335. The van der Waals surface area contributed by atoms with E-state index in [-0.39, 0.29) is 5.84 Å². The van der Waals surface area contributed by atoms with Crippen LogP contribution in [0, 0.1) is 6.92 Å². The molecular weight excluding hydrogens is 206 g/mol. The van der Waals surface area contributed by atoms with E-state index in [9.17, 15) is 0 Å². The third-order valence-corrected chi connectivity index (χ3v) is 2.10. The van der Waals surface area contributed by atoms with Gasteiger partial charge in [0, 0.05) is 18.1 Å². The molecule has 82 valence electrons. The van der Waals surface area contributed by atoms with Crippen molar-refractivity contribution < 1.29 is 5.21 Å². The molecule has 3 N–H and O–H groups in total. The summed E-state index contributed by atoms with van der Waals surface area (Å²) in [7, 11) is 0. The van der Waals surface area contributed by atoms with Crippen LogP contribution in [0.15, 0.2) is 35.7 Å². The average molecular weight is 217 g/mol. The molecule has 0 aliphatic carbocycles. The summed E-state index contributed by atoms with van der Waals surface area (Å²) in [4.78, 5) is 8.32. The summed E-state index contributed by atoms with van der Waals surface area (Å²) < 4.78 is 1.65. The summed E-state index contributed by atoms with van der Waals surface area (Å²) in [5, 5.41) is 11.5. The van der Waals surface area contributed by atoms with Crippen LogP contribution >= 0.6 is 0 Å². The monoisotopic (exact) mass is 217 g/mol. The van der Waals surface area contributed by atoms with Gasteiger partial charge in [0.25, 0.3) is 0 Å². The van der Waals surface area contributed by atoms with E-state index >= 15 is 0 Å². The number of hydrogen-bond acceptors (Lipinski definition) is 4. The van der Waals surface area contributed by atoms with Gasteiger partial charge in [0.1, 0.15) is 5.82 Å². The Morgan fingerprint density at radius 1 is 1.50 bits per heavy atom. The summed E-state index contributed by atoms with van der Waals surface area (Å²) in [5.41, 5.74) is 6.39. The van der Waals surface area contributed by atoms with Crippen molar-refractivity contribution in [2.45, 2.75) is 6.92 Å². The number of imidazole rings is 1. The number of nitrogens with zero attached hydrogens (tertiary/aromatic N) is 4. The number of aryl methyl sites for hydroxylation is 1. The predicted octanol–water partition coefficient (Wildman–Crippen LogP) is 0.670. The molecule has 0 unspecified atom stereocenters. The Hall–Kier alpha value is -2.37. The van der Waals surface area contributed by atoms with E-state index in [4.69, 9.17) is 10.9 Å². The van der Waals surface area contributed by atoms with Crippen LogP contribution in [0.1, 0.15) is 11.5 Å². The van der Waals surface area contributed by atoms with Crippen LogP contribution < -0.4 is 5.73 Å². The highest BCUT2D eigenvalue weighted by atomic mass is 16.4. The third-order valence-electron chi connectivity index (χ3n) is 2.10. The van der Waals surface area contributed by atoms with Gasteiger partial charge in [-0.1, -0.05) is 11.2 Å². The minimum Gasteiger partial charge on any atom is -0.409 e. The van der Waals surface area contributed by atoms with E-state index in [1.807, 2.05) is 25.1 Å². The Morgan fingerprint density at radius 3 is 3.00 bits per heavy atom. The highest BCUT2D eigenvalue weighted by Crippen LogP contribution is 2.08. The lowest BCUT2D eigenvalue weighted by atomic mass is 10.3. The number of amidine groups is 1. The maximum atomic E-state index is 8.62. The normalized spacial score (nSPS) is 11.7. The van der Waals surface area contributed by atoms with Gasteiger partial charge in [-0.05, 0) is 19.1 Å². The molecular formula is C10H11N5O. The van der Waals surface area contributed by atoms with Gasteiger partial charge in [0.05, 0.1) is 0 Å². The molecule has 2 aromatic rings.